The van der Waals surface area contributed by atoms with Crippen LogP contribution in [0.1, 0.15) is 63.4 Å². The number of benzene rings is 1. The van der Waals surface area contributed by atoms with E-state index in [1.54, 1.807) is 12.1 Å². The van der Waals surface area contributed by atoms with Crippen molar-refractivity contribution in [2.45, 2.75) is 59.0 Å². The predicted octanol–water partition coefficient (Wildman–Crippen LogP) is 5.04. The molecule has 2 heterocycles. The van der Waals surface area contributed by atoms with E-state index >= 15 is 0 Å². The molecule has 3 N–H and O–H groups in total. The third-order valence-electron chi connectivity index (χ3n) is 5.91. The lowest BCUT2D eigenvalue weighted by molar-refractivity contribution is 0.298. The smallest absolute Gasteiger partial charge is 0.262 e. The van der Waals surface area contributed by atoms with Crippen molar-refractivity contribution in [2.75, 3.05) is 10.6 Å². The second-order valence-electron chi connectivity index (χ2n) is 8.50. The van der Waals surface area contributed by atoms with Gasteiger partial charge in [-0.15, -0.1) is 0 Å². The van der Waals surface area contributed by atoms with Crippen LogP contribution in [0.5, 0.6) is 5.75 Å². The first-order chi connectivity index (χ1) is 14.9. The van der Waals surface area contributed by atoms with Crippen LogP contribution in [0.4, 0.5) is 11.6 Å². The summed E-state index contributed by atoms with van der Waals surface area (Å²) in [4.78, 5) is 22.1. The molecule has 0 amide bonds. The highest BCUT2D eigenvalue weighted by atomic mass is 16.3. The van der Waals surface area contributed by atoms with E-state index in [-0.39, 0.29) is 23.4 Å². The zero-order chi connectivity index (χ0) is 22.1. The summed E-state index contributed by atoms with van der Waals surface area (Å²) in [6.07, 6.45) is 6.50. The zero-order valence-electron chi connectivity index (χ0n) is 18.4. The molecule has 1 fully saturated rings. The molecule has 2 aromatic heterocycles. The van der Waals surface area contributed by atoms with Gasteiger partial charge in [0.1, 0.15) is 23.7 Å². The average Bonchev–Trinajstić information content (AvgIpc) is 2.69. The number of nitrogens with one attached hydrogen (secondary N) is 2. The van der Waals surface area contributed by atoms with Gasteiger partial charge in [0.05, 0.1) is 11.4 Å². The molecule has 1 aliphatic rings. The van der Waals surface area contributed by atoms with Gasteiger partial charge in [0, 0.05) is 23.5 Å². The van der Waals surface area contributed by atoms with E-state index in [1.807, 2.05) is 50.6 Å². The molecule has 1 atom stereocenters. The molecule has 4 rings (SSSR count). The number of rotatable bonds is 6. The Bertz CT molecular complexity index is 1210. The Kier molecular flexibility index (Phi) is 5.67. The Morgan fingerprint density at radius 3 is 2.68 bits per heavy atom. The third-order valence-corrected chi connectivity index (χ3v) is 5.91. The first-order valence-corrected chi connectivity index (χ1v) is 10.7. The van der Waals surface area contributed by atoms with Crippen LogP contribution < -0.4 is 16.2 Å². The fraction of sp³-hybridized carbons (Fsp3) is 0.375. The molecule has 3 aromatic rings. The lowest BCUT2D eigenvalue weighted by Gasteiger charge is -2.32. The molecule has 0 bridgehead atoms. The van der Waals surface area contributed by atoms with Crippen LogP contribution in [0.2, 0.25) is 0 Å². The molecular weight excluding hydrogens is 390 g/mol. The van der Waals surface area contributed by atoms with Gasteiger partial charge in [-0.1, -0.05) is 17.7 Å². The van der Waals surface area contributed by atoms with Crippen molar-refractivity contribution >= 4 is 22.4 Å². The largest absolute Gasteiger partial charge is 0.507 e. The van der Waals surface area contributed by atoms with Gasteiger partial charge in [-0.05, 0) is 64.5 Å². The number of phenolic OH excluding ortho intramolecular Hbond substituents is 1. The minimum atomic E-state index is -0.162. The number of aromatic hydroxyl groups is 1. The molecule has 0 aliphatic heterocycles. The topological polar surface area (TPSA) is 92.1 Å². The lowest BCUT2D eigenvalue weighted by Crippen LogP contribution is -2.33. The first-order valence-electron chi connectivity index (χ1n) is 10.7. The Morgan fingerprint density at radius 2 is 2.00 bits per heavy atom. The summed E-state index contributed by atoms with van der Waals surface area (Å²) in [5.74, 6) is 1.49. The zero-order valence-corrected chi connectivity index (χ0v) is 18.4. The normalized spacial score (nSPS) is 14.7. The van der Waals surface area contributed by atoms with E-state index in [1.165, 1.54) is 6.33 Å². The fourth-order valence-electron chi connectivity index (χ4n) is 3.97. The second kappa shape index (κ2) is 8.41. The van der Waals surface area contributed by atoms with E-state index in [4.69, 9.17) is 0 Å². The van der Waals surface area contributed by atoms with Gasteiger partial charge in [0.15, 0.2) is 0 Å². The minimum Gasteiger partial charge on any atom is -0.507 e. The highest BCUT2D eigenvalue weighted by Gasteiger charge is 2.27. The van der Waals surface area contributed by atoms with Gasteiger partial charge < -0.3 is 20.3 Å². The van der Waals surface area contributed by atoms with Crippen LogP contribution in [0.15, 0.2) is 47.2 Å². The third kappa shape index (κ3) is 4.00. The molecule has 0 saturated heterocycles. The van der Waals surface area contributed by atoms with E-state index in [0.29, 0.717) is 5.39 Å². The maximum atomic E-state index is 13.4. The van der Waals surface area contributed by atoms with Crippen molar-refractivity contribution in [3.63, 3.8) is 0 Å². The van der Waals surface area contributed by atoms with Crippen LogP contribution in [0.25, 0.3) is 10.8 Å². The van der Waals surface area contributed by atoms with Crippen LogP contribution in [-0.2, 0) is 0 Å². The molecule has 7 heteroatoms. The minimum absolute atomic E-state index is 0.0318. The maximum absolute atomic E-state index is 13.4. The number of hydrogen-bond donors (Lipinski definition) is 3. The summed E-state index contributed by atoms with van der Waals surface area (Å²) in [7, 11) is 0. The van der Waals surface area contributed by atoms with Crippen molar-refractivity contribution in [3.8, 4) is 5.75 Å². The van der Waals surface area contributed by atoms with Gasteiger partial charge >= 0.3 is 0 Å². The molecule has 31 heavy (non-hydrogen) atoms. The lowest BCUT2D eigenvalue weighted by atomic mass is 9.91. The van der Waals surface area contributed by atoms with Crippen molar-refractivity contribution in [1.29, 1.82) is 0 Å². The number of fused-ring (bicyclic) bond motifs is 1. The van der Waals surface area contributed by atoms with Crippen molar-refractivity contribution in [3.05, 3.63) is 64.0 Å². The van der Waals surface area contributed by atoms with E-state index in [2.05, 4.69) is 20.6 Å². The number of aromatic nitrogens is 3. The Morgan fingerprint density at radius 1 is 1.26 bits per heavy atom. The molecule has 1 aromatic carbocycles. The quantitative estimate of drug-likeness (QED) is 0.518. The van der Waals surface area contributed by atoms with Crippen molar-refractivity contribution < 1.29 is 5.11 Å². The SMILES string of the molecule is CC(C)=CNc1ncnc(NC(C)c2cc3cccc(O)c3c(=O)n2C2CCC2)c1C. The van der Waals surface area contributed by atoms with Gasteiger partial charge in [-0.25, -0.2) is 9.97 Å². The summed E-state index contributed by atoms with van der Waals surface area (Å²) in [5.41, 5.74) is 2.81. The van der Waals surface area contributed by atoms with Crippen LogP contribution in [-0.4, -0.2) is 19.6 Å². The van der Waals surface area contributed by atoms with Crippen molar-refractivity contribution in [2.24, 2.45) is 0 Å². The highest BCUT2D eigenvalue weighted by Crippen LogP contribution is 2.35. The number of anilines is 2. The Labute approximate surface area is 181 Å². The maximum Gasteiger partial charge on any atom is 0.262 e. The van der Waals surface area contributed by atoms with E-state index in [0.717, 1.165) is 53.1 Å². The van der Waals surface area contributed by atoms with Gasteiger partial charge in [0.25, 0.3) is 5.56 Å². The molecule has 162 valence electrons. The molecule has 0 radical (unpaired) electrons. The van der Waals surface area contributed by atoms with Crippen LogP contribution >= 0.6 is 0 Å². The van der Waals surface area contributed by atoms with Gasteiger partial charge in [-0.2, -0.15) is 0 Å². The summed E-state index contributed by atoms with van der Waals surface area (Å²) in [6.45, 7) is 8.03. The second-order valence-corrected chi connectivity index (χ2v) is 8.50. The number of nitrogens with zero attached hydrogens (tertiary/aromatic N) is 3. The van der Waals surface area contributed by atoms with Crippen LogP contribution in [0, 0.1) is 6.92 Å². The predicted molar refractivity (Wildman–Crippen MR) is 125 cm³/mol. The highest BCUT2D eigenvalue weighted by molar-refractivity contribution is 5.87. The molecule has 7 nitrogen and oxygen atoms in total. The van der Waals surface area contributed by atoms with Gasteiger partial charge in [-0.3, -0.25) is 4.79 Å². The Balaban J connectivity index is 1.75. The van der Waals surface area contributed by atoms with Gasteiger partial charge in [0.2, 0.25) is 0 Å². The van der Waals surface area contributed by atoms with E-state index < -0.39 is 0 Å². The first kappa shape index (κ1) is 20.9. The standard InChI is InChI=1S/C24H29N5O2/c1-14(2)12-25-22-15(3)23(27-13-26-22)28-16(4)19-11-17-7-5-10-20(30)21(17)24(31)29(19)18-8-6-9-18/h5,7,10-13,16,18,30H,6,8-9H2,1-4H3,(H2,25,26,27,28). The molecule has 0 spiro atoms. The Hall–Kier alpha value is -3.35. The molecular formula is C24H29N5O2. The monoisotopic (exact) mass is 419 g/mol. The average molecular weight is 420 g/mol. The molecule has 1 aliphatic carbocycles. The fourth-order valence-corrected chi connectivity index (χ4v) is 3.97. The van der Waals surface area contributed by atoms with E-state index in [9.17, 15) is 9.90 Å². The van der Waals surface area contributed by atoms with Crippen molar-refractivity contribution in [1.82, 2.24) is 14.5 Å². The summed E-state index contributed by atoms with van der Waals surface area (Å²) in [6, 6.07) is 7.21. The number of hydrogen-bond acceptors (Lipinski definition) is 6. The summed E-state index contributed by atoms with van der Waals surface area (Å²) < 4.78 is 1.86. The number of allylic oxidation sites excluding steroid dienone is 1. The molecule has 1 unspecified atom stereocenters. The molecule has 1 saturated carbocycles. The number of pyridine rings is 1. The summed E-state index contributed by atoms with van der Waals surface area (Å²) >= 11 is 0. The summed E-state index contributed by atoms with van der Waals surface area (Å²) in [5, 5.41) is 18.1. The number of phenols is 1. The van der Waals surface area contributed by atoms with Crippen LogP contribution in [0.3, 0.4) is 0 Å².